The standard InChI is InChI=1S/C20H23N3O5/c1-13(22-18(24)11-14-7-9-16(27-2)10-8-14)20(26)23-21-12-15-5-4-6-17(28-3)19(15)25/h4-10,12-13,25H,11H2,1-3H3,(H,22,24)(H,23,26)/b21-12+. The summed E-state index contributed by atoms with van der Waals surface area (Å²) in [7, 11) is 3.01. The third-order valence-corrected chi connectivity index (χ3v) is 3.92. The highest BCUT2D eigenvalue weighted by Crippen LogP contribution is 2.27. The van der Waals surface area contributed by atoms with Gasteiger partial charge in [0.25, 0.3) is 5.91 Å². The highest BCUT2D eigenvalue weighted by molar-refractivity contribution is 5.90. The third kappa shape index (κ3) is 5.73. The van der Waals surface area contributed by atoms with Crippen LogP contribution in [0.3, 0.4) is 0 Å². The zero-order chi connectivity index (χ0) is 20.5. The first-order valence-corrected chi connectivity index (χ1v) is 8.55. The van der Waals surface area contributed by atoms with E-state index in [0.29, 0.717) is 17.1 Å². The molecule has 0 bridgehead atoms. The first kappa shape index (κ1) is 20.8. The van der Waals surface area contributed by atoms with Gasteiger partial charge in [-0.25, -0.2) is 5.43 Å². The molecule has 0 aliphatic carbocycles. The van der Waals surface area contributed by atoms with Gasteiger partial charge in [0.05, 0.1) is 26.9 Å². The molecule has 148 valence electrons. The van der Waals surface area contributed by atoms with E-state index in [1.54, 1.807) is 56.5 Å². The number of para-hydroxylation sites is 1. The van der Waals surface area contributed by atoms with Crippen LogP contribution in [0.2, 0.25) is 0 Å². The van der Waals surface area contributed by atoms with Crippen LogP contribution in [0, 0.1) is 0 Å². The van der Waals surface area contributed by atoms with Gasteiger partial charge in [0.1, 0.15) is 11.8 Å². The van der Waals surface area contributed by atoms with Crippen LogP contribution in [0.25, 0.3) is 0 Å². The van der Waals surface area contributed by atoms with E-state index < -0.39 is 11.9 Å². The van der Waals surface area contributed by atoms with E-state index in [-0.39, 0.29) is 18.1 Å². The fourth-order valence-electron chi connectivity index (χ4n) is 2.36. The fraction of sp³-hybridized carbons (Fsp3) is 0.250. The molecule has 8 nitrogen and oxygen atoms in total. The van der Waals surface area contributed by atoms with Crippen LogP contribution >= 0.6 is 0 Å². The summed E-state index contributed by atoms with van der Waals surface area (Å²) in [5.41, 5.74) is 3.52. The molecule has 1 unspecified atom stereocenters. The van der Waals surface area contributed by atoms with Gasteiger partial charge < -0.3 is 19.9 Å². The van der Waals surface area contributed by atoms with Gasteiger partial charge in [-0.1, -0.05) is 18.2 Å². The molecule has 8 heteroatoms. The van der Waals surface area contributed by atoms with E-state index in [1.807, 2.05) is 0 Å². The molecule has 0 aliphatic rings. The molecule has 2 rings (SSSR count). The minimum Gasteiger partial charge on any atom is -0.504 e. The summed E-state index contributed by atoms with van der Waals surface area (Å²) >= 11 is 0. The van der Waals surface area contributed by atoms with Gasteiger partial charge in [-0.2, -0.15) is 5.10 Å². The number of carbonyl (C=O) groups is 2. The number of rotatable bonds is 8. The van der Waals surface area contributed by atoms with Gasteiger partial charge >= 0.3 is 0 Å². The lowest BCUT2D eigenvalue weighted by molar-refractivity contribution is -0.128. The molecule has 0 spiro atoms. The molecule has 0 heterocycles. The van der Waals surface area contributed by atoms with Gasteiger partial charge in [-0.15, -0.1) is 0 Å². The summed E-state index contributed by atoms with van der Waals surface area (Å²) in [6, 6.07) is 11.2. The molecule has 2 aromatic carbocycles. The Bertz CT molecular complexity index is 849. The van der Waals surface area contributed by atoms with Gasteiger partial charge in [0, 0.05) is 5.56 Å². The predicted molar refractivity (Wildman–Crippen MR) is 105 cm³/mol. The topological polar surface area (TPSA) is 109 Å². The summed E-state index contributed by atoms with van der Waals surface area (Å²) < 4.78 is 10.1. The molecular formula is C20H23N3O5. The maximum atomic E-state index is 12.1. The Labute approximate surface area is 163 Å². The summed E-state index contributed by atoms with van der Waals surface area (Å²) in [5.74, 6) is 0.152. The number of hydrogen-bond donors (Lipinski definition) is 3. The molecule has 0 saturated heterocycles. The number of benzene rings is 2. The Balaban J connectivity index is 1.85. The number of aromatic hydroxyl groups is 1. The first-order valence-electron chi connectivity index (χ1n) is 8.55. The molecule has 1 atom stereocenters. The molecule has 2 aromatic rings. The first-order chi connectivity index (χ1) is 13.4. The van der Waals surface area contributed by atoms with Gasteiger partial charge in [-0.3, -0.25) is 9.59 Å². The quantitative estimate of drug-likeness (QED) is 0.472. The summed E-state index contributed by atoms with van der Waals surface area (Å²) in [6.45, 7) is 1.56. The van der Waals surface area contributed by atoms with E-state index in [0.717, 1.165) is 5.56 Å². The van der Waals surface area contributed by atoms with Crippen LogP contribution in [-0.4, -0.2) is 43.4 Å². The van der Waals surface area contributed by atoms with Crippen LogP contribution in [0.15, 0.2) is 47.6 Å². The normalized spacial score (nSPS) is 11.7. The summed E-state index contributed by atoms with van der Waals surface area (Å²) in [6.07, 6.45) is 1.43. The molecule has 0 aliphatic heterocycles. The number of nitrogens with one attached hydrogen (secondary N) is 2. The van der Waals surface area contributed by atoms with Crippen molar-refractivity contribution in [2.75, 3.05) is 14.2 Å². The van der Waals surface area contributed by atoms with Gasteiger partial charge in [0.2, 0.25) is 5.91 Å². The number of amides is 2. The average molecular weight is 385 g/mol. The lowest BCUT2D eigenvalue weighted by atomic mass is 10.1. The number of phenols is 1. The van der Waals surface area contributed by atoms with Crippen molar-refractivity contribution >= 4 is 18.0 Å². The maximum Gasteiger partial charge on any atom is 0.262 e. The molecular weight excluding hydrogens is 362 g/mol. The van der Waals surface area contributed by atoms with E-state index in [1.165, 1.54) is 13.3 Å². The minimum atomic E-state index is -0.776. The molecule has 2 amide bonds. The van der Waals surface area contributed by atoms with Crippen molar-refractivity contribution in [3.05, 3.63) is 53.6 Å². The maximum absolute atomic E-state index is 12.1. The van der Waals surface area contributed by atoms with Crippen molar-refractivity contribution in [1.29, 1.82) is 0 Å². The van der Waals surface area contributed by atoms with Crippen LogP contribution < -0.4 is 20.2 Å². The fourth-order valence-corrected chi connectivity index (χ4v) is 2.36. The number of phenolic OH excluding ortho intramolecular Hbond substituents is 1. The zero-order valence-corrected chi connectivity index (χ0v) is 15.9. The highest BCUT2D eigenvalue weighted by atomic mass is 16.5. The average Bonchev–Trinajstić information content (AvgIpc) is 2.69. The Morgan fingerprint density at radius 1 is 1.14 bits per heavy atom. The number of hydrogen-bond acceptors (Lipinski definition) is 6. The SMILES string of the molecule is COc1ccc(CC(=O)NC(C)C(=O)N/N=C/c2cccc(OC)c2O)cc1. The highest BCUT2D eigenvalue weighted by Gasteiger charge is 2.15. The van der Waals surface area contributed by atoms with Gasteiger partial charge in [-0.05, 0) is 36.8 Å². The van der Waals surface area contributed by atoms with Crippen LogP contribution in [0.5, 0.6) is 17.2 Å². The minimum absolute atomic E-state index is 0.0798. The molecule has 0 saturated carbocycles. The van der Waals surface area contributed by atoms with Crippen LogP contribution in [0.4, 0.5) is 0 Å². The van der Waals surface area contributed by atoms with E-state index in [4.69, 9.17) is 9.47 Å². The Morgan fingerprint density at radius 2 is 1.86 bits per heavy atom. The van der Waals surface area contributed by atoms with Crippen molar-refractivity contribution in [1.82, 2.24) is 10.7 Å². The Morgan fingerprint density at radius 3 is 2.50 bits per heavy atom. The summed E-state index contributed by atoms with van der Waals surface area (Å²) in [4.78, 5) is 24.2. The Kier molecular flexibility index (Phi) is 7.38. The van der Waals surface area contributed by atoms with Crippen molar-refractivity contribution < 1.29 is 24.2 Å². The second kappa shape index (κ2) is 9.96. The largest absolute Gasteiger partial charge is 0.504 e. The third-order valence-electron chi connectivity index (χ3n) is 3.92. The van der Waals surface area contributed by atoms with Crippen molar-refractivity contribution in [2.24, 2.45) is 5.10 Å². The Hall–Kier alpha value is -3.55. The van der Waals surface area contributed by atoms with Crippen LogP contribution in [0.1, 0.15) is 18.1 Å². The molecule has 3 N–H and O–H groups in total. The van der Waals surface area contributed by atoms with Crippen molar-refractivity contribution in [2.45, 2.75) is 19.4 Å². The van der Waals surface area contributed by atoms with Crippen LogP contribution in [-0.2, 0) is 16.0 Å². The van der Waals surface area contributed by atoms with E-state index >= 15 is 0 Å². The molecule has 0 radical (unpaired) electrons. The number of carbonyl (C=O) groups excluding carboxylic acids is 2. The summed E-state index contributed by atoms with van der Waals surface area (Å²) in [5, 5.41) is 16.4. The molecule has 0 fully saturated rings. The van der Waals surface area contributed by atoms with E-state index in [9.17, 15) is 14.7 Å². The number of methoxy groups -OCH3 is 2. The zero-order valence-electron chi connectivity index (χ0n) is 15.9. The lowest BCUT2D eigenvalue weighted by Crippen LogP contribution is -2.43. The van der Waals surface area contributed by atoms with Gasteiger partial charge in [0.15, 0.2) is 11.5 Å². The van der Waals surface area contributed by atoms with Crippen molar-refractivity contribution in [3.8, 4) is 17.2 Å². The molecule has 28 heavy (non-hydrogen) atoms. The number of nitrogens with zero attached hydrogens (tertiary/aromatic N) is 1. The number of hydrazone groups is 1. The predicted octanol–water partition coefficient (Wildman–Crippen LogP) is 1.61. The second-order valence-corrected chi connectivity index (χ2v) is 5.95. The second-order valence-electron chi connectivity index (χ2n) is 5.95. The monoisotopic (exact) mass is 385 g/mol. The smallest absolute Gasteiger partial charge is 0.262 e. The van der Waals surface area contributed by atoms with Crippen molar-refractivity contribution in [3.63, 3.8) is 0 Å². The lowest BCUT2D eigenvalue weighted by Gasteiger charge is -2.12. The van der Waals surface area contributed by atoms with E-state index in [2.05, 4.69) is 15.8 Å². The number of ether oxygens (including phenoxy) is 2. The molecule has 0 aromatic heterocycles.